The third-order valence-electron chi connectivity index (χ3n) is 4.08. The van der Waals surface area contributed by atoms with E-state index in [1.807, 2.05) is 17.8 Å². The minimum atomic E-state index is -0.586. The van der Waals surface area contributed by atoms with Crippen LogP contribution in [0, 0.1) is 0 Å². The Hall–Kier alpha value is -1.40. The highest BCUT2D eigenvalue weighted by Gasteiger charge is 2.27. The molecule has 1 aliphatic carbocycles. The van der Waals surface area contributed by atoms with Crippen LogP contribution in [-0.4, -0.2) is 46.7 Å². The van der Waals surface area contributed by atoms with E-state index >= 15 is 0 Å². The van der Waals surface area contributed by atoms with Crippen LogP contribution in [0.3, 0.4) is 0 Å². The molecule has 118 valence electrons. The first-order chi connectivity index (χ1) is 10.1. The third kappa shape index (κ3) is 4.04. The first-order valence-electron chi connectivity index (χ1n) is 7.55. The molecule has 6 heteroatoms. The second kappa shape index (κ2) is 7.04. The average Bonchev–Trinajstić information content (AvgIpc) is 3.10. The van der Waals surface area contributed by atoms with Crippen molar-refractivity contribution in [2.75, 3.05) is 20.3 Å². The van der Waals surface area contributed by atoms with Crippen LogP contribution < -0.4 is 5.32 Å². The minimum absolute atomic E-state index is 0.00332. The number of hydrogen-bond acceptors (Lipinski definition) is 4. The molecule has 0 aliphatic heterocycles. The Morgan fingerprint density at radius 1 is 1.57 bits per heavy atom. The van der Waals surface area contributed by atoms with Gasteiger partial charge < -0.3 is 15.2 Å². The molecule has 0 radical (unpaired) electrons. The Balaban J connectivity index is 2.01. The number of nitrogens with zero attached hydrogens (tertiary/aromatic N) is 2. The van der Waals surface area contributed by atoms with Crippen molar-refractivity contribution in [2.45, 2.75) is 50.6 Å². The highest BCUT2D eigenvalue weighted by Crippen LogP contribution is 2.28. The lowest BCUT2D eigenvalue weighted by atomic mass is 9.99. The number of methoxy groups -OCH3 is 1. The molecule has 1 fully saturated rings. The zero-order valence-corrected chi connectivity index (χ0v) is 12.8. The average molecular weight is 295 g/mol. The molecule has 1 unspecified atom stereocenters. The van der Waals surface area contributed by atoms with Gasteiger partial charge in [-0.25, -0.2) is 0 Å². The summed E-state index contributed by atoms with van der Waals surface area (Å²) in [5.41, 5.74) is -0.167. The molecule has 1 atom stereocenters. The Morgan fingerprint density at radius 2 is 2.29 bits per heavy atom. The van der Waals surface area contributed by atoms with Gasteiger partial charge in [0, 0.05) is 19.9 Å². The van der Waals surface area contributed by atoms with Crippen LogP contribution in [0.25, 0.3) is 0 Å². The molecule has 0 bridgehead atoms. The second-order valence-corrected chi connectivity index (χ2v) is 6.04. The SMILES string of the molecule is COCC(C)(CCO)NC(=O)c1ccn(C2CCCC2)n1. The highest BCUT2D eigenvalue weighted by atomic mass is 16.5. The van der Waals surface area contributed by atoms with Gasteiger partial charge in [-0.3, -0.25) is 9.48 Å². The topological polar surface area (TPSA) is 76.4 Å². The van der Waals surface area contributed by atoms with Crippen LogP contribution in [0.4, 0.5) is 0 Å². The fraction of sp³-hybridized carbons (Fsp3) is 0.733. The Labute approximate surface area is 125 Å². The molecule has 2 N–H and O–H groups in total. The van der Waals surface area contributed by atoms with E-state index < -0.39 is 5.54 Å². The van der Waals surface area contributed by atoms with Gasteiger partial charge in [-0.1, -0.05) is 12.8 Å². The predicted octanol–water partition coefficient (Wildman–Crippen LogP) is 1.52. The largest absolute Gasteiger partial charge is 0.396 e. The molecule has 1 amide bonds. The lowest BCUT2D eigenvalue weighted by Crippen LogP contribution is -2.50. The molecular weight excluding hydrogens is 270 g/mol. The molecule has 2 rings (SSSR count). The number of rotatable bonds is 7. The van der Waals surface area contributed by atoms with Crippen molar-refractivity contribution in [1.29, 1.82) is 0 Å². The quantitative estimate of drug-likeness (QED) is 0.799. The van der Waals surface area contributed by atoms with Crippen LogP contribution in [-0.2, 0) is 4.74 Å². The minimum Gasteiger partial charge on any atom is -0.396 e. The molecule has 1 aromatic heterocycles. The predicted molar refractivity (Wildman–Crippen MR) is 79.2 cm³/mol. The monoisotopic (exact) mass is 295 g/mol. The Bertz CT molecular complexity index is 460. The fourth-order valence-electron chi connectivity index (χ4n) is 2.91. The van der Waals surface area contributed by atoms with Crippen molar-refractivity contribution >= 4 is 5.91 Å². The number of aliphatic hydroxyl groups is 1. The maximum Gasteiger partial charge on any atom is 0.272 e. The number of aliphatic hydroxyl groups excluding tert-OH is 1. The first kappa shape index (κ1) is 16.0. The summed E-state index contributed by atoms with van der Waals surface area (Å²) in [5, 5.41) is 16.4. The molecule has 1 aliphatic rings. The number of hydrogen-bond donors (Lipinski definition) is 2. The highest BCUT2D eigenvalue weighted by molar-refractivity contribution is 5.92. The van der Waals surface area contributed by atoms with E-state index in [1.54, 1.807) is 13.2 Å². The van der Waals surface area contributed by atoms with Crippen LogP contribution in [0.5, 0.6) is 0 Å². The summed E-state index contributed by atoms with van der Waals surface area (Å²) < 4.78 is 7.04. The van der Waals surface area contributed by atoms with Crippen LogP contribution >= 0.6 is 0 Å². The lowest BCUT2D eigenvalue weighted by Gasteiger charge is -2.29. The second-order valence-electron chi connectivity index (χ2n) is 6.04. The van der Waals surface area contributed by atoms with Crippen molar-refractivity contribution in [2.24, 2.45) is 0 Å². The van der Waals surface area contributed by atoms with E-state index in [0.29, 0.717) is 24.8 Å². The standard InChI is InChI=1S/C15H25N3O3/c1-15(8-10-19,11-21-2)16-14(20)13-7-9-18(17-13)12-5-3-4-6-12/h7,9,12,19H,3-6,8,10-11H2,1-2H3,(H,16,20). The van der Waals surface area contributed by atoms with E-state index in [9.17, 15) is 4.79 Å². The number of carbonyl (C=O) groups excluding carboxylic acids is 1. The van der Waals surface area contributed by atoms with E-state index in [4.69, 9.17) is 9.84 Å². The normalized spacial score (nSPS) is 18.6. The maximum absolute atomic E-state index is 12.3. The number of nitrogens with one attached hydrogen (secondary N) is 1. The van der Waals surface area contributed by atoms with Gasteiger partial charge in [-0.05, 0) is 32.3 Å². The van der Waals surface area contributed by atoms with Gasteiger partial charge in [0.05, 0.1) is 18.2 Å². The van der Waals surface area contributed by atoms with Gasteiger partial charge in [-0.15, -0.1) is 0 Å². The lowest BCUT2D eigenvalue weighted by molar-refractivity contribution is 0.0720. The Morgan fingerprint density at radius 3 is 2.90 bits per heavy atom. The third-order valence-corrected chi connectivity index (χ3v) is 4.08. The summed E-state index contributed by atoms with van der Waals surface area (Å²) in [6, 6.07) is 2.18. The summed E-state index contributed by atoms with van der Waals surface area (Å²) in [6.45, 7) is 2.21. The molecule has 0 spiro atoms. The number of aromatic nitrogens is 2. The molecule has 1 heterocycles. The first-order valence-corrected chi connectivity index (χ1v) is 7.55. The molecule has 21 heavy (non-hydrogen) atoms. The van der Waals surface area contributed by atoms with Crippen molar-refractivity contribution in [3.63, 3.8) is 0 Å². The summed E-state index contributed by atoms with van der Waals surface area (Å²) in [7, 11) is 1.58. The zero-order chi connectivity index (χ0) is 15.3. The van der Waals surface area contributed by atoms with E-state index in [0.717, 1.165) is 12.8 Å². The van der Waals surface area contributed by atoms with Crippen molar-refractivity contribution in [3.05, 3.63) is 18.0 Å². The zero-order valence-electron chi connectivity index (χ0n) is 12.8. The fourth-order valence-corrected chi connectivity index (χ4v) is 2.91. The summed E-state index contributed by atoms with van der Waals surface area (Å²) in [4.78, 5) is 12.3. The van der Waals surface area contributed by atoms with Crippen LogP contribution in [0.15, 0.2) is 12.3 Å². The Kier molecular flexibility index (Phi) is 5.36. The summed E-state index contributed by atoms with van der Waals surface area (Å²) in [5.74, 6) is -0.222. The van der Waals surface area contributed by atoms with E-state index in [-0.39, 0.29) is 12.5 Å². The molecule has 0 saturated heterocycles. The van der Waals surface area contributed by atoms with Crippen molar-refractivity contribution in [3.8, 4) is 0 Å². The summed E-state index contributed by atoms with van der Waals surface area (Å²) in [6.07, 6.45) is 7.05. The maximum atomic E-state index is 12.3. The smallest absolute Gasteiger partial charge is 0.272 e. The van der Waals surface area contributed by atoms with Gasteiger partial charge in [0.15, 0.2) is 0 Å². The molecule has 1 aromatic rings. The molecule has 6 nitrogen and oxygen atoms in total. The number of carbonyl (C=O) groups is 1. The van der Waals surface area contributed by atoms with Gasteiger partial charge >= 0.3 is 0 Å². The molecule has 0 aromatic carbocycles. The summed E-state index contributed by atoms with van der Waals surface area (Å²) >= 11 is 0. The van der Waals surface area contributed by atoms with Crippen LogP contribution in [0.1, 0.15) is 55.6 Å². The van der Waals surface area contributed by atoms with Crippen LogP contribution in [0.2, 0.25) is 0 Å². The van der Waals surface area contributed by atoms with Gasteiger partial charge in [-0.2, -0.15) is 5.10 Å². The number of ether oxygens (including phenoxy) is 1. The van der Waals surface area contributed by atoms with Crippen molar-refractivity contribution in [1.82, 2.24) is 15.1 Å². The molecular formula is C15H25N3O3. The van der Waals surface area contributed by atoms with E-state index in [2.05, 4.69) is 10.4 Å². The van der Waals surface area contributed by atoms with Gasteiger partial charge in [0.1, 0.15) is 5.69 Å². The molecule has 1 saturated carbocycles. The van der Waals surface area contributed by atoms with Gasteiger partial charge in [0.25, 0.3) is 5.91 Å². The van der Waals surface area contributed by atoms with Crippen molar-refractivity contribution < 1.29 is 14.6 Å². The van der Waals surface area contributed by atoms with Gasteiger partial charge in [0.2, 0.25) is 0 Å². The van der Waals surface area contributed by atoms with E-state index in [1.165, 1.54) is 12.8 Å². The number of amides is 1.